The van der Waals surface area contributed by atoms with E-state index in [1.807, 2.05) is 60.7 Å². The van der Waals surface area contributed by atoms with Gasteiger partial charge in [0.2, 0.25) is 5.71 Å². The van der Waals surface area contributed by atoms with Gasteiger partial charge in [-0.15, -0.1) is 0 Å². The van der Waals surface area contributed by atoms with Crippen molar-refractivity contribution in [1.29, 1.82) is 0 Å². The van der Waals surface area contributed by atoms with Crippen LogP contribution in [-0.2, 0) is 0 Å². The van der Waals surface area contributed by atoms with Crippen LogP contribution < -0.4 is 0 Å². The predicted molar refractivity (Wildman–Crippen MR) is 174 cm³/mol. The van der Waals surface area contributed by atoms with Crippen molar-refractivity contribution in [2.24, 2.45) is 0 Å². The van der Waals surface area contributed by atoms with Crippen LogP contribution in [0.4, 0.5) is 0 Å². The summed E-state index contributed by atoms with van der Waals surface area (Å²) in [6.45, 7) is 0. The van der Waals surface area contributed by atoms with E-state index in [9.17, 15) is 0 Å². The topological polar surface area (TPSA) is 64.7 Å². The van der Waals surface area contributed by atoms with E-state index in [-0.39, 0.29) is 0 Å². The summed E-state index contributed by atoms with van der Waals surface area (Å²) in [4.78, 5) is 19.7. The zero-order valence-corrected chi connectivity index (χ0v) is 22.9. The smallest absolute Gasteiger partial charge is 0.228 e. The molecule has 0 fully saturated rings. The Balaban J connectivity index is 1.35. The summed E-state index contributed by atoms with van der Waals surface area (Å²) >= 11 is 0. The van der Waals surface area contributed by atoms with E-state index >= 15 is 0 Å². The fourth-order valence-electron chi connectivity index (χ4n) is 6.22. The molecule has 5 heteroatoms. The molecule has 0 saturated heterocycles. The minimum atomic E-state index is 0.561. The first-order valence-electron chi connectivity index (χ1n) is 14.2. The summed E-state index contributed by atoms with van der Waals surface area (Å²) in [6, 6.07) is 43.7. The van der Waals surface area contributed by atoms with Gasteiger partial charge in [-0.2, -0.15) is 0 Å². The number of fused-ring (bicyclic) bond motifs is 8. The molecule has 5 nitrogen and oxygen atoms in total. The van der Waals surface area contributed by atoms with E-state index in [0.717, 1.165) is 38.4 Å². The normalized spacial score (nSPS) is 11.7. The van der Waals surface area contributed by atoms with Crippen LogP contribution in [0.25, 0.3) is 88.5 Å². The molecule has 0 aliphatic carbocycles. The minimum Gasteiger partial charge on any atom is -0.438 e. The highest BCUT2D eigenvalue weighted by Crippen LogP contribution is 2.38. The number of hydrogen-bond acceptors (Lipinski definition) is 5. The van der Waals surface area contributed by atoms with Crippen LogP contribution in [0.1, 0.15) is 0 Å². The highest BCUT2D eigenvalue weighted by molar-refractivity contribution is 6.22. The lowest BCUT2D eigenvalue weighted by Gasteiger charge is -2.13. The van der Waals surface area contributed by atoms with Crippen LogP contribution in [0, 0.1) is 0 Å². The summed E-state index contributed by atoms with van der Waals surface area (Å²) in [5.74, 6) is 1.81. The first-order chi connectivity index (χ1) is 21.3. The molecule has 9 rings (SSSR count). The first kappa shape index (κ1) is 23.7. The van der Waals surface area contributed by atoms with Gasteiger partial charge in [-0.1, -0.05) is 115 Å². The molecule has 0 N–H and O–H groups in total. The van der Waals surface area contributed by atoms with E-state index in [1.165, 1.54) is 26.9 Å². The Labute approximate surface area is 246 Å². The summed E-state index contributed by atoms with van der Waals surface area (Å²) < 4.78 is 6.10. The molecule has 3 heterocycles. The number of aromatic nitrogens is 4. The van der Waals surface area contributed by atoms with Crippen molar-refractivity contribution < 1.29 is 4.42 Å². The Hall–Kier alpha value is -5.94. The van der Waals surface area contributed by atoms with Crippen LogP contribution in [0.3, 0.4) is 0 Å². The molecule has 200 valence electrons. The van der Waals surface area contributed by atoms with E-state index in [2.05, 4.69) is 71.7 Å². The van der Waals surface area contributed by atoms with Gasteiger partial charge >= 0.3 is 0 Å². The lowest BCUT2D eigenvalue weighted by molar-refractivity contribution is 0.654. The summed E-state index contributed by atoms with van der Waals surface area (Å²) in [6.07, 6.45) is 1.75. The average molecular weight is 551 g/mol. The summed E-state index contributed by atoms with van der Waals surface area (Å²) in [5, 5.41) is 9.02. The fourth-order valence-corrected chi connectivity index (χ4v) is 6.22. The van der Waals surface area contributed by atoms with Crippen LogP contribution >= 0.6 is 0 Å². The quantitative estimate of drug-likeness (QED) is 0.205. The number of pyridine rings is 1. The minimum absolute atomic E-state index is 0.561. The van der Waals surface area contributed by atoms with Crippen LogP contribution in [0.15, 0.2) is 138 Å². The van der Waals surface area contributed by atoms with Crippen molar-refractivity contribution in [3.05, 3.63) is 134 Å². The van der Waals surface area contributed by atoms with Crippen LogP contribution in [0.2, 0.25) is 0 Å². The number of furan rings is 1. The SMILES string of the molecule is c1ccc(-c2nc(-c3cccc4c3ccc3ccc5ccccc5c34)nc(-c3ccnc4oc5ccccc5c34)n2)cc1. The van der Waals surface area contributed by atoms with Gasteiger partial charge in [-0.25, -0.2) is 19.9 Å². The molecule has 9 aromatic rings. The molecule has 0 aliphatic heterocycles. The number of para-hydroxylation sites is 1. The number of benzene rings is 6. The Morgan fingerprint density at radius 2 is 1.12 bits per heavy atom. The van der Waals surface area contributed by atoms with Gasteiger partial charge in [-0.05, 0) is 44.5 Å². The molecule has 0 atom stereocenters. The number of hydrogen-bond donors (Lipinski definition) is 0. The fraction of sp³-hybridized carbons (Fsp3) is 0. The third-order valence-electron chi connectivity index (χ3n) is 8.19. The molecule has 3 aromatic heterocycles. The third-order valence-corrected chi connectivity index (χ3v) is 8.19. The average Bonchev–Trinajstić information content (AvgIpc) is 3.47. The standard InChI is InChI=1S/C38H22N4O/c1-2-10-25(11-3-1)35-40-36(42-37(41-35)31-21-22-39-38-34(31)30-13-6-7-16-32(30)43-38)29-15-8-14-28-27(29)20-19-24-18-17-23-9-4-5-12-26(23)33(24)28/h1-22H. The van der Waals surface area contributed by atoms with Crippen molar-refractivity contribution in [3.63, 3.8) is 0 Å². The molecule has 6 aromatic carbocycles. The highest BCUT2D eigenvalue weighted by atomic mass is 16.3. The summed E-state index contributed by atoms with van der Waals surface area (Å²) in [7, 11) is 0. The molecular formula is C38H22N4O. The van der Waals surface area contributed by atoms with Crippen molar-refractivity contribution in [1.82, 2.24) is 19.9 Å². The second kappa shape index (κ2) is 9.29. The lowest BCUT2D eigenvalue weighted by atomic mass is 9.94. The van der Waals surface area contributed by atoms with Gasteiger partial charge in [0, 0.05) is 28.3 Å². The first-order valence-corrected chi connectivity index (χ1v) is 14.2. The molecule has 43 heavy (non-hydrogen) atoms. The van der Waals surface area contributed by atoms with Crippen LogP contribution in [0.5, 0.6) is 0 Å². The zero-order valence-electron chi connectivity index (χ0n) is 22.9. The van der Waals surface area contributed by atoms with Gasteiger partial charge in [0.1, 0.15) is 5.58 Å². The lowest BCUT2D eigenvalue weighted by Crippen LogP contribution is -2.01. The van der Waals surface area contributed by atoms with E-state index < -0.39 is 0 Å². The molecule has 0 spiro atoms. The highest BCUT2D eigenvalue weighted by Gasteiger charge is 2.19. The molecule has 0 bridgehead atoms. The Kier molecular flexibility index (Phi) is 5.13. The Morgan fingerprint density at radius 1 is 0.419 bits per heavy atom. The third kappa shape index (κ3) is 3.72. The van der Waals surface area contributed by atoms with Gasteiger partial charge in [-0.3, -0.25) is 0 Å². The van der Waals surface area contributed by atoms with Gasteiger partial charge in [0.25, 0.3) is 0 Å². The number of rotatable bonds is 3. The van der Waals surface area contributed by atoms with E-state index in [0.29, 0.717) is 23.2 Å². The van der Waals surface area contributed by atoms with Gasteiger partial charge in [0.05, 0.1) is 5.39 Å². The van der Waals surface area contributed by atoms with Gasteiger partial charge < -0.3 is 4.42 Å². The van der Waals surface area contributed by atoms with Crippen molar-refractivity contribution >= 4 is 54.4 Å². The second-order valence-corrected chi connectivity index (χ2v) is 10.7. The molecule has 0 saturated carbocycles. The van der Waals surface area contributed by atoms with Crippen molar-refractivity contribution in [2.45, 2.75) is 0 Å². The maximum absolute atomic E-state index is 6.10. The number of nitrogens with zero attached hydrogens (tertiary/aromatic N) is 4. The van der Waals surface area contributed by atoms with E-state index in [4.69, 9.17) is 19.4 Å². The maximum atomic E-state index is 6.10. The van der Waals surface area contributed by atoms with Gasteiger partial charge in [0.15, 0.2) is 17.5 Å². The zero-order chi connectivity index (χ0) is 28.3. The van der Waals surface area contributed by atoms with Crippen LogP contribution in [-0.4, -0.2) is 19.9 Å². The summed E-state index contributed by atoms with van der Waals surface area (Å²) in [5.41, 5.74) is 4.07. The Bertz CT molecular complexity index is 2520. The molecule has 0 radical (unpaired) electrons. The monoisotopic (exact) mass is 550 g/mol. The van der Waals surface area contributed by atoms with Crippen molar-refractivity contribution in [3.8, 4) is 34.2 Å². The molecule has 0 amide bonds. The second-order valence-electron chi connectivity index (χ2n) is 10.7. The maximum Gasteiger partial charge on any atom is 0.228 e. The molecule has 0 unspecified atom stereocenters. The van der Waals surface area contributed by atoms with Crippen molar-refractivity contribution in [2.75, 3.05) is 0 Å². The largest absolute Gasteiger partial charge is 0.438 e. The molecular weight excluding hydrogens is 528 g/mol. The Morgan fingerprint density at radius 3 is 2.02 bits per heavy atom. The molecule has 0 aliphatic rings. The predicted octanol–water partition coefficient (Wildman–Crippen LogP) is 9.63. The van der Waals surface area contributed by atoms with E-state index in [1.54, 1.807) is 6.20 Å².